The lowest BCUT2D eigenvalue weighted by molar-refractivity contribution is 0.226. The first-order valence-electron chi connectivity index (χ1n) is 12.3. The molecule has 0 saturated carbocycles. The zero-order chi connectivity index (χ0) is 23.8. The van der Waals surface area contributed by atoms with Crippen LogP contribution < -0.4 is 0 Å². The number of likely N-dealkylation sites (tertiary alicyclic amines) is 1. The summed E-state index contributed by atoms with van der Waals surface area (Å²) < 4.78 is 30.0. The van der Waals surface area contributed by atoms with Gasteiger partial charge in [0.1, 0.15) is 17.3 Å². The van der Waals surface area contributed by atoms with Crippen LogP contribution in [0.25, 0.3) is 44.3 Å². The fraction of sp³-hybridized carbons (Fsp3) is 0.286. The van der Waals surface area contributed by atoms with Crippen LogP contribution in [0.4, 0.5) is 8.78 Å². The quantitative estimate of drug-likeness (QED) is 0.298. The molecule has 0 unspecified atom stereocenters. The molecule has 4 heterocycles. The molecule has 0 aliphatic carbocycles. The Morgan fingerprint density at radius 2 is 1.74 bits per heavy atom. The molecule has 0 radical (unpaired) electrons. The highest BCUT2D eigenvalue weighted by atomic mass is 19.1. The number of piperidine rings is 1. The highest BCUT2D eigenvalue weighted by Gasteiger charge is 2.16. The highest BCUT2D eigenvalue weighted by Crippen LogP contribution is 2.33. The summed E-state index contributed by atoms with van der Waals surface area (Å²) in [4.78, 5) is 10.1. The highest BCUT2D eigenvalue weighted by molar-refractivity contribution is 5.98. The Hall–Kier alpha value is -3.58. The van der Waals surface area contributed by atoms with Crippen molar-refractivity contribution in [2.45, 2.75) is 32.1 Å². The first kappa shape index (κ1) is 21.9. The number of halogens is 2. The fourth-order valence-electron chi connectivity index (χ4n) is 5.20. The maximum absolute atomic E-state index is 15.0. The third-order valence-corrected chi connectivity index (χ3v) is 7.08. The molecular weight excluding hydrogens is 444 g/mol. The molecule has 1 aliphatic rings. The molecule has 178 valence electrons. The Kier molecular flexibility index (Phi) is 5.78. The number of aromatic amines is 2. The van der Waals surface area contributed by atoms with Gasteiger partial charge < -0.3 is 9.88 Å². The predicted octanol–water partition coefficient (Wildman–Crippen LogP) is 6.47. The summed E-state index contributed by atoms with van der Waals surface area (Å²) in [6, 6.07) is 12.8. The van der Waals surface area contributed by atoms with Crippen molar-refractivity contribution in [2.75, 3.05) is 19.6 Å². The minimum Gasteiger partial charge on any atom is -0.339 e. The average Bonchev–Trinajstić information content (AvgIpc) is 3.52. The van der Waals surface area contributed by atoms with Crippen molar-refractivity contribution in [1.29, 1.82) is 0 Å². The average molecular weight is 472 g/mol. The van der Waals surface area contributed by atoms with Crippen LogP contribution >= 0.6 is 0 Å². The van der Waals surface area contributed by atoms with E-state index in [2.05, 4.69) is 31.1 Å². The first-order chi connectivity index (χ1) is 17.2. The minimum atomic E-state index is -0.490. The summed E-state index contributed by atoms with van der Waals surface area (Å²) >= 11 is 0. The van der Waals surface area contributed by atoms with Gasteiger partial charge in [0.2, 0.25) is 0 Å². The largest absolute Gasteiger partial charge is 0.339 e. The normalized spacial score (nSPS) is 14.8. The van der Waals surface area contributed by atoms with Crippen LogP contribution in [0, 0.1) is 11.6 Å². The van der Waals surface area contributed by atoms with Crippen molar-refractivity contribution in [3.8, 4) is 22.4 Å². The van der Waals surface area contributed by atoms with E-state index in [-0.39, 0.29) is 5.56 Å². The van der Waals surface area contributed by atoms with Crippen molar-refractivity contribution < 1.29 is 8.78 Å². The number of rotatable bonds is 6. The van der Waals surface area contributed by atoms with Crippen LogP contribution in [-0.2, 0) is 6.42 Å². The third kappa shape index (κ3) is 4.32. The Bertz CT molecular complexity index is 1470. The molecule has 35 heavy (non-hydrogen) atoms. The Morgan fingerprint density at radius 3 is 2.57 bits per heavy atom. The van der Waals surface area contributed by atoms with Crippen LogP contribution in [-0.4, -0.2) is 44.7 Å². The van der Waals surface area contributed by atoms with Gasteiger partial charge in [-0.05, 0) is 92.8 Å². The van der Waals surface area contributed by atoms with E-state index in [4.69, 9.17) is 0 Å². The Balaban J connectivity index is 1.27. The molecule has 2 aromatic carbocycles. The van der Waals surface area contributed by atoms with Gasteiger partial charge in [-0.1, -0.05) is 12.5 Å². The molecule has 0 amide bonds. The van der Waals surface area contributed by atoms with Crippen molar-refractivity contribution in [3.05, 3.63) is 72.1 Å². The van der Waals surface area contributed by atoms with Gasteiger partial charge in [0.05, 0.1) is 11.7 Å². The number of nitrogens with one attached hydrogen (secondary N) is 2. The van der Waals surface area contributed by atoms with E-state index in [9.17, 15) is 8.78 Å². The number of pyridine rings is 1. The van der Waals surface area contributed by atoms with Gasteiger partial charge in [0.25, 0.3) is 0 Å². The fourth-order valence-corrected chi connectivity index (χ4v) is 5.20. The summed E-state index contributed by atoms with van der Waals surface area (Å²) in [5.41, 5.74) is 4.96. The lowest BCUT2D eigenvalue weighted by Crippen LogP contribution is -2.30. The van der Waals surface area contributed by atoms with Gasteiger partial charge in [0.15, 0.2) is 0 Å². The van der Waals surface area contributed by atoms with Gasteiger partial charge in [0, 0.05) is 33.8 Å². The topological polar surface area (TPSA) is 60.6 Å². The van der Waals surface area contributed by atoms with E-state index in [0.29, 0.717) is 23.3 Å². The zero-order valence-corrected chi connectivity index (χ0v) is 19.5. The molecule has 3 aromatic heterocycles. The van der Waals surface area contributed by atoms with Crippen molar-refractivity contribution >= 4 is 21.9 Å². The molecule has 1 aliphatic heterocycles. The van der Waals surface area contributed by atoms with Crippen LogP contribution in [0.1, 0.15) is 31.2 Å². The van der Waals surface area contributed by atoms with E-state index in [1.165, 1.54) is 31.4 Å². The lowest BCUT2D eigenvalue weighted by atomic mass is 10.0. The third-order valence-electron chi connectivity index (χ3n) is 7.08. The van der Waals surface area contributed by atoms with Gasteiger partial charge in [-0.15, -0.1) is 0 Å². The van der Waals surface area contributed by atoms with Crippen LogP contribution in [0.15, 0.2) is 54.9 Å². The summed E-state index contributed by atoms with van der Waals surface area (Å²) in [7, 11) is 0. The maximum atomic E-state index is 15.0. The number of hydrogen-bond donors (Lipinski definition) is 2. The molecular formula is C28H27F2N5. The van der Waals surface area contributed by atoms with Gasteiger partial charge >= 0.3 is 0 Å². The smallest absolute Gasteiger partial charge is 0.138 e. The number of fused-ring (bicyclic) bond motifs is 2. The van der Waals surface area contributed by atoms with Crippen molar-refractivity contribution in [2.24, 2.45) is 0 Å². The summed E-state index contributed by atoms with van der Waals surface area (Å²) in [5.74, 6) is -0.980. The number of aromatic nitrogens is 4. The van der Waals surface area contributed by atoms with Crippen molar-refractivity contribution in [1.82, 2.24) is 25.1 Å². The standard InChI is InChI=1S/C28H27F2N5/c29-24-14-19(15-25(30)22(24)5-4-12-35-10-2-1-3-11-35)27-16-23-21(8-9-31-28(23)33-27)18-6-7-26-20(13-18)17-32-34-26/h6-9,13-17H,1-5,10-12H2,(H,31,33)(H,32,34). The number of H-pyrrole nitrogens is 2. The maximum Gasteiger partial charge on any atom is 0.138 e. The van der Waals surface area contributed by atoms with Crippen molar-refractivity contribution in [3.63, 3.8) is 0 Å². The van der Waals surface area contributed by atoms with E-state index in [1.54, 1.807) is 12.4 Å². The molecule has 1 fully saturated rings. The summed E-state index contributed by atoms with van der Waals surface area (Å²) in [5, 5.41) is 8.97. The molecule has 0 atom stereocenters. The molecule has 5 aromatic rings. The van der Waals surface area contributed by atoms with Crippen LogP contribution in [0.2, 0.25) is 0 Å². The predicted molar refractivity (Wildman–Crippen MR) is 135 cm³/mol. The SMILES string of the molecule is Fc1cc(-c2cc3c(-c4ccc5[nH]ncc5c4)ccnc3[nH]2)cc(F)c1CCCN1CCCCC1. The van der Waals surface area contributed by atoms with E-state index in [1.807, 2.05) is 24.3 Å². The second-order valence-corrected chi connectivity index (χ2v) is 9.40. The molecule has 1 saturated heterocycles. The van der Waals surface area contributed by atoms with Crippen LogP contribution in [0.5, 0.6) is 0 Å². The molecule has 6 rings (SSSR count). The van der Waals surface area contributed by atoms with E-state index < -0.39 is 11.6 Å². The molecule has 0 spiro atoms. The van der Waals surface area contributed by atoms with Gasteiger partial charge in [-0.25, -0.2) is 13.8 Å². The summed E-state index contributed by atoms with van der Waals surface area (Å²) in [6.07, 6.45) is 8.42. The molecule has 2 N–H and O–H groups in total. The Labute approximate surface area is 202 Å². The lowest BCUT2D eigenvalue weighted by Gasteiger charge is -2.26. The van der Waals surface area contributed by atoms with E-state index >= 15 is 0 Å². The second kappa shape index (κ2) is 9.23. The number of hydrogen-bond acceptors (Lipinski definition) is 3. The number of benzene rings is 2. The summed E-state index contributed by atoms with van der Waals surface area (Å²) in [6.45, 7) is 3.08. The second-order valence-electron chi connectivity index (χ2n) is 9.40. The molecule has 5 nitrogen and oxygen atoms in total. The Morgan fingerprint density at radius 1 is 0.914 bits per heavy atom. The molecule has 7 heteroatoms. The van der Waals surface area contributed by atoms with Crippen LogP contribution in [0.3, 0.4) is 0 Å². The van der Waals surface area contributed by atoms with Gasteiger partial charge in [-0.3, -0.25) is 5.10 Å². The monoisotopic (exact) mass is 471 g/mol. The number of nitrogens with zero attached hydrogens (tertiary/aromatic N) is 3. The molecule has 0 bridgehead atoms. The minimum absolute atomic E-state index is 0.175. The van der Waals surface area contributed by atoms with Gasteiger partial charge in [-0.2, -0.15) is 5.10 Å². The zero-order valence-electron chi connectivity index (χ0n) is 19.5. The first-order valence-corrected chi connectivity index (χ1v) is 12.3. The van der Waals surface area contributed by atoms with E-state index in [0.717, 1.165) is 53.5 Å².